The summed E-state index contributed by atoms with van der Waals surface area (Å²) < 4.78 is 4.77. The molecule has 0 fully saturated rings. The van der Waals surface area contributed by atoms with E-state index in [2.05, 4.69) is 5.92 Å². The molecule has 0 aromatic heterocycles. The van der Waals surface area contributed by atoms with Crippen molar-refractivity contribution in [3.05, 3.63) is 47.5 Å². The van der Waals surface area contributed by atoms with E-state index in [0.29, 0.717) is 13.0 Å². The topological polar surface area (TPSA) is 26.3 Å². The van der Waals surface area contributed by atoms with Gasteiger partial charge < -0.3 is 4.74 Å². The van der Waals surface area contributed by atoms with Crippen LogP contribution in [-0.4, -0.2) is 12.6 Å². The van der Waals surface area contributed by atoms with Crippen molar-refractivity contribution in [3.63, 3.8) is 0 Å². The number of rotatable bonds is 4. The fraction of sp³-hybridized carbons (Fsp3) is 0.214. The Balaban J connectivity index is 2.61. The number of esters is 1. The number of carbonyl (C=O) groups excluding carboxylic acids is 1. The van der Waals surface area contributed by atoms with E-state index in [9.17, 15) is 4.79 Å². The molecule has 0 atom stereocenters. The first-order valence-corrected chi connectivity index (χ1v) is 5.15. The summed E-state index contributed by atoms with van der Waals surface area (Å²) in [5.41, 5.74) is 1.89. The second-order valence-electron chi connectivity index (χ2n) is 3.16. The lowest BCUT2D eigenvalue weighted by molar-refractivity contribution is -0.137. The van der Waals surface area contributed by atoms with Gasteiger partial charge in [0.1, 0.15) is 0 Å². The Morgan fingerprint density at radius 1 is 1.50 bits per heavy atom. The van der Waals surface area contributed by atoms with E-state index in [-0.39, 0.29) is 5.97 Å². The largest absolute Gasteiger partial charge is 0.463 e. The van der Waals surface area contributed by atoms with Gasteiger partial charge in [0, 0.05) is 11.6 Å². The van der Waals surface area contributed by atoms with E-state index in [0.717, 1.165) is 11.1 Å². The number of benzene rings is 1. The maximum atomic E-state index is 11.0. The highest BCUT2D eigenvalue weighted by Crippen LogP contribution is 2.08. The summed E-state index contributed by atoms with van der Waals surface area (Å²) in [7, 11) is 0. The van der Waals surface area contributed by atoms with Crippen molar-refractivity contribution in [2.24, 2.45) is 0 Å². The summed E-state index contributed by atoms with van der Waals surface area (Å²) in [6.07, 6.45) is 9.19. The van der Waals surface area contributed by atoms with Crippen molar-refractivity contribution in [2.75, 3.05) is 6.61 Å². The summed E-state index contributed by atoms with van der Waals surface area (Å²) >= 11 is 0. The van der Waals surface area contributed by atoms with E-state index >= 15 is 0 Å². The summed E-state index contributed by atoms with van der Waals surface area (Å²) in [6, 6.07) is 7.65. The van der Waals surface area contributed by atoms with Crippen LogP contribution < -0.4 is 0 Å². The van der Waals surface area contributed by atoms with Crippen LogP contribution in [0.5, 0.6) is 0 Å². The number of hydrogen-bond acceptors (Lipinski definition) is 2. The number of terminal acetylenes is 1. The minimum atomic E-state index is -0.319. The van der Waals surface area contributed by atoms with Gasteiger partial charge in [-0.1, -0.05) is 30.2 Å². The highest BCUT2D eigenvalue weighted by molar-refractivity contribution is 5.81. The quantitative estimate of drug-likeness (QED) is 0.437. The average molecular weight is 214 g/mol. The van der Waals surface area contributed by atoms with Crippen LogP contribution in [0.4, 0.5) is 0 Å². The molecule has 0 radical (unpaired) electrons. The van der Waals surface area contributed by atoms with Gasteiger partial charge in [-0.3, -0.25) is 0 Å². The van der Waals surface area contributed by atoms with Crippen molar-refractivity contribution in [2.45, 2.75) is 13.3 Å². The summed E-state index contributed by atoms with van der Waals surface area (Å²) in [4.78, 5) is 11.0. The Hall–Kier alpha value is -2.01. The molecule has 0 saturated heterocycles. The van der Waals surface area contributed by atoms with E-state index in [4.69, 9.17) is 11.2 Å². The predicted octanol–water partition coefficient (Wildman–Crippen LogP) is 2.33. The van der Waals surface area contributed by atoms with Gasteiger partial charge in [0.25, 0.3) is 0 Å². The highest BCUT2D eigenvalue weighted by atomic mass is 16.5. The summed E-state index contributed by atoms with van der Waals surface area (Å²) in [5, 5.41) is 0. The van der Waals surface area contributed by atoms with E-state index in [1.165, 1.54) is 6.08 Å². The van der Waals surface area contributed by atoms with E-state index in [1.54, 1.807) is 13.0 Å². The van der Waals surface area contributed by atoms with Gasteiger partial charge >= 0.3 is 5.97 Å². The van der Waals surface area contributed by atoms with Crippen molar-refractivity contribution < 1.29 is 9.53 Å². The maximum absolute atomic E-state index is 11.0. The Morgan fingerprint density at radius 3 is 2.94 bits per heavy atom. The standard InChI is InChI=1S/C14H14O2/c1-3-12-8-5-6-9-13(12)10-7-11-14(15)16-4-2/h1,5-9,11H,4,10H2,2H3/b11-7+. The number of hydrogen-bond donors (Lipinski definition) is 0. The van der Waals surface area contributed by atoms with Crippen LogP contribution >= 0.6 is 0 Å². The van der Waals surface area contributed by atoms with Crippen LogP contribution in [0.25, 0.3) is 0 Å². The van der Waals surface area contributed by atoms with Crippen molar-refractivity contribution in [3.8, 4) is 12.3 Å². The smallest absolute Gasteiger partial charge is 0.330 e. The molecule has 0 aliphatic heterocycles. The molecule has 16 heavy (non-hydrogen) atoms. The first-order valence-electron chi connectivity index (χ1n) is 5.15. The molecule has 0 unspecified atom stereocenters. The molecule has 0 amide bonds. The Morgan fingerprint density at radius 2 is 2.25 bits per heavy atom. The summed E-state index contributed by atoms with van der Waals surface area (Å²) in [6.45, 7) is 2.17. The molecule has 1 rings (SSSR count). The second-order valence-corrected chi connectivity index (χ2v) is 3.16. The Labute approximate surface area is 95.9 Å². The lowest BCUT2D eigenvalue weighted by Crippen LogP contribution is -1.99. The molecule has 1 aromatic carbocycles. The third-order valence-electron chi connectivity index (χ3n) is 2.05. The molecule has 0 spiro atoms. The SMILES string of the molecule is C#Cc1ccccc1C/C=C/C(=O)OCC. The van der Waals surface area contributed by atoms with Gasteiger partial charge in [-0.2, -0.15) is 0 Å². The maximum Gasteiger partial charge on any atom is 0.330 e. The highest BCUT2D eigenvalue weighted by Gasteiger charge is 1.97. The zero-order chi connectivity index (χ0) is 11.8. The van der Waals surface area contributed by atoms with Crippen molar-refractivity contribution >= 4 is 5.97 Å². The van der Waals surface area contributed by atoms with Crippen molar-refractivity contribution in [1.82, 2.24) is 0 Å². The molecule has 0 bridgehead atoms. The van der Waals surface area contributed by atoms with Gasteiger partial charge in [0.15, 0.2) is 0 Å². The number of ether oxygens (including phenoxy) is 1. The van der Waals surface area contributed by atoms with Crippen LogP contribution in [0.2, 0.25) is 0 Å². The van der Waals surface area contributed by atoms with Crippen molar-refractivity contribution in [1.29, 1.82) is 0 Å². The fourth-order valence-corrected chi connectivity index (χ4v) is 1.31. The molecule has 0 aliphatic carbocycles. The van der Waals surface area contributed by atoms with Crippen LogP contribution in [0.15, 0.2) is 36.4 Å². The van der Waals surface area contributed by atoms with Gasteiger partial charge in [-0.05, 0) is 25.0 Å². The average Bonchev–Trinajstić information content (AvgIpc) is 2.30. The van der Waals surface area contributed by atoms with Crippen LogP contribution in [0, 0.1) is 12.3 Å². The number of carbonyl (C=O) groups is 1. The van der Waals surface area contributed by atoms with Gasteiger partial charge in [-0.25, -0.2) is 4.79 Å². The van der Waals surface area contributed by atoms with Gasteiger partial charge in [0.05, 0.1) is 6.61 Å². The minimum absolute atomic E-state index is 0.319. The normalized spacial score (nSPS) is 10.0. The third-order valence-corrected chi connectivity index (χ3v) is 2.05. The van der Waals surface area contributed by atoms with Crippen LogP contribution in [-0.2, 0) is 16.0 Å². The summed E-state index contributed by atoms with van der Waals surface area (Å²) in [5.74, 6) is 2.29. The predicted molar refractivity (Wildman–Crippen MR) is 63.9 cm³/mol. The van der Waals surface area contributed by atoms with Crippen LogP contribution in [0.3, 0.4) is 0 Å². The monoisotopic (exact) mass is 214 g/mol. The Bertz CT molecular complexity index is 425. The second kappa shape index (κ2) is 6.47. The fourth-order valence-electron chi connectivity index (χ4n) is 1.31. The van der Waals surface area contributed by atoms with E-state index < -0.39 is 0 Å². The molecule has 82 valence electrons. The Kier molecular flexibility index (Phi) is 4.88. The first kappa shape index (κ1) is 12.1. The molecule has 0 saturated carbocycles. The molecule has 0 aliphatic rings. The molecule has 2 heteroatoms. The number of allylic oxidation sites excluding steroid dienone is 1. The molecular formula is C14H14O2. The molecule has 0 N–H and O–H groups in total. The third kappa shape index (κ3) is 3.62. The zero-order valence-electron chi connectivity index (χ0n) is 9.27. The molecular weight excluding hydrogens is 200 g/mol. The van der Waals surface area contributed by atoms with Gasteiger partial charge in [0.2, 0.25) is 0 Å². The molecule has 2 nitrogen and oxygen atoms in total. The van der Waals surface area contributed by atoms with E-state index in [1.807, 2.05) is 24.3 Å². The lowest BCUT2D eigenvalue weighted by Gasteiger charge is -2.00. The van der Waals surface area contributed by atoms with Gasteiger partial charge in [-0.15, -0.1) is 6.42 Å². The minimum Gasteiger partial charge on any atom is -0.463 e. The van der Waals surface area contributed by atoms with Crippen LogP contribution in [0.1, 0.15) is 18.1 Å². The lowest BCUT2D eigenvalue weighted by atomic mass is 10.1. The molecule has 0 heterocycles. The first-order chi connectivity index (χ1) is 7.77. The molecule has 1 aromatic rings. The zero-order valence-corrected chi connectivity index (χ0v) is 9.27.